The molecule has 0 saturated carbocycles. The van der Waals surface area contributed by atoms with Crippen LogP contribution < -0.4 is 5.56 Å². The maximum atomic E-state index is 12.9. The molecule has 3 aromatic rings. The smallest absolute Gasteiger partial charge is 0.278 e. The SMILES string of the molecule is CCn1c(SCC[N+]2(C)CCOCC2)nc2c([nH]c3ccccc32)c1=O. The molecule has 0 radical (unpaired) electrons. The number of aromatic amines is 1. The van der Waals surface area contributed by atoms with Gasteiger partial charge in [-0.2, -0.15) is 0 Å². The summed E-state index contributed by atoms with van der Waals surface area (Å²) in [6.45, 7) is 7.45. The van der Waals surface area contributed by atoms with Crippen LogP contribution in [0.3, 0.4) is 0 Å². The number of benzene rings is 1. The zero-order valence-corrected chi connectivity index (χ0v) is 16.1. The molecule has 2 aromatic heterocycles. The number of para-hydroxylation sites is 1. The third kappa shape index (κ3) is 3.15. The summed E-state index contributed by atoms with van der Waals surface area (Å²) in [5.74, 6) is 0.941. The van der Waals surface area contributed by atoms with Crippen LogP contribution in [0, 0.1) is 0 Å². The van der Waals surface area contributed by atoms with Gasteiger partial charge in [0.15, 0.2) is 5.16 Å². The molecule has 0 atom stereocenters. The maximum Gasteiger partial charge on any atom is 0.278 e. The summed E-state index contributed by atoms with van der Waals surface area (Å²) in [5, 5.41) is 1.83. The number of aromatic nitrogens is 3. The Balaban J connectivity index is 1.65. The van der Waals surface area contributed by atoms with Crippen molar-refractivity contribution in [3.05, 3.63) is 34.6 Å². The largest absolute Gasteiger partial charge is 0.370 e. The first-order valence-electron chi connectivity index (χ1n) is 9.17. The number of thioether (sulfide) groups is 1. The van der Waals surface area contributed by atoms with Gasteiger partial charge in [-0.3, -0.25) is 9.36 Å². The number of hydrogen-bond donors (Lipinski definition) is 1. The van der Waals surface area contributed by atoms with Crippen molar-refractivity contribution in [1.29, 1.82) is 0 Å². The highest BCUT2D eigenvalue weighted by Crippen LogP contribution is 2.25. The molecule has 1 aromatic carbocycles. The number of morpholine rings is 1. The molecule has 3 heterocycles. The molecule has 7 heteroatoms. The second kappa shape index (κ2) is 7.06. The fourth-order valence-corrected chi connectivity index (χ4v) is 4.77. The van der Waals surface area contributed by atoms with Gasteiger partial charge in [0.1, 0.15) is 24.1 Å². The molecule has 4 rings (SSSR count). The van der Waals surface area contributed by atoms with Crippen LogP contribution in [-0.2, 0) is 11.3 Å². The van der Waals surface area contributed by atoms with Gasteiger partial charge in [-0.15, -0.1) is 0 Å². The van der Waals surface area contributed by atoms with Gasteiger partial charge < -0.3 is 14.2 Å². The summed E-state index contributed by atoms with van der Waals surface area (Å²) < 4.78 is 8.28. The van der Waals surface area contributed by atoms with Crippen LogP contribution in [-0.4, -0.2) is 64.7 Å². The summed E-state index contributed by atoms with van der Waals surface area (Å²) in [4.78, 5) is 21.0. The molecule has 0 amide bonds. The van der Waals surface area contributed by atoms with E-state index in [-0.39, 0.29) is 5.56 Å². The maximum absolute atomic E-state index is 12.9. The Kier molecular flexibility index (Phi) is 4.77. The molecule has 1 aliphatic rings. The Morgan fingerprint density at radius 2 is 2.08 bits per heavy atom. The lowest BCUT2D eigenvalue weighted by Crippen LogP contribution is -2.53. The number of rotatable bonds is 5. The van der Waals surface area contributed by atoms with Gasteiger partial charge in [-0.25, -0.2) is 4.98 Å². The third-order valence-corrected chi connectivity index (χ3v) is 6.26. The van der Waals surface area contributed by atoms with E-state index < -0.39 is 0 Å². The van der Waals surface area contributed by atoms with Crippen LogP contribution in [0.15, 0.2) is 34.2 Å². The first-order chi connectivity index (χ1) is 12.6. The van der Waals surface area contributed by atoms with Crippen molar-refractivity contribution in [2.75, 3.05) is 45.6 Å². The normalized spacial score (nSPS) is 17.2. The van der Waals surface area contributed by atoms with E-state index in [4.69, 9.17) is 9.72 Å². The molecule has 26 heavy (non-hydrogen) atoms. The molecule has 6 nitrogen and oxygen atoms in total. The highest BCUT2D eigenvalue weighted by Gasteiger charge is 2.25. The number of likely N-dealkylation sites (N-methyl/N-ethyl adjacent to an activating group) is 1. The van der Waals surface area contributed by atoms with Crippen molar-refractivity contribution in [1.82, 2.24) is 14.5 Å². The summed E-state index contributed by atoms with van der Waals surface area (Å²) >= 11 is 1.69. The van der Waals surface area contributed by atoms with Gasteiger partial charge in [0.25, 0.3) is 5.56 Å². The van der Waals surface area contributed by atoms with E-state index in [0.717, 1.165) is 64.7 Å². The molecular formula is C19H25N4O2S+. The lowest BCUT2D eigenvalue weighted by atomic mass is 10.2. The Morgan fingerprint density at radius 1 is 1.31 bits per heavy atom. The van der Waals surface area contributed by atoms with Crippen LogP contribution in [0.4, 0.5) is 0 Å². The summed E-state index contributed by atoms with van der Waals surface area (Å²) in [7, 11) is 2.28. The Bertz CT molecular complexity index is 988. The molecule has 1 aliphatic heterocycles. The topological polar surface area (TPSA) is 59.9 Å². The fraction of sp³-hybridized carbons (Fsp3) is 0.474. The van der Waals surface area contributed by atoms with Crippen molar-refractivity contribution in [3.8, 4) is 0 Å². The minimum atomic E-state index is 0.0166. The lowest BCUT2D eigenvalue weighted by molar-refractivity contribution is -0.914. The quantitative estimate of drug-likeness (QED) is 0.424. The van der Waals surface area contributed by atoms with E-state index in [0.29, 0.717) is 12.1 Å². The number of nitrogens with one attached hydrogen (secondary N) is 1. The zero-order valence-electron chi connectivity index (χ0n) is 15.3. The van der Waals surface area contributed by atoms with Crippen molar-refractivity contribution >= 4 is 33.7 Å². The molecule has 0 unspecified atom stereocenters. The average molecular weight is 374 g/mol. The fourth-order valence-electron chi connectivity index (χ4n) is 3.53. The van der Waals surface area contributed by atoms with Crippen LogP contribution in [0.1, 0.15) is 6.92 Å². The van der Waals surface area contributed by atoms with Crippen LogP contribution in [0.2, 0.25) is 0 Å². The zero-order chi connectivity index (χ0) is 18.1. The number of H-pyrrole nitrogens is 1. The predicted octanol–water partition coefficient (Wildman–Crippen LogP) is 2.47. The molecule has 1 fully saturated rings. The Morgan fingerprint density at radius 3 is 2.85 bits per heavy atom. The van der Waals surface area contributed by atoms with E-state index in [2.05, 4.69) is 12.0 Å². The van der Waals surface area contributed by atoms with Crippen molar-refractivity contribution in [3.63, 3.8) is 0 Å². The molecule has 0 aliphatic carbocycles. The minimum Gasteiger partial charge on any atom is -0.370 e. The highest BCUT2D eigenvalue weighted by atomic mass is 32.2. The average Bonchev–Trinajstić information content (AvgIpc) is 3.02. The van der Waals surface area contributed by atoms with Gasteiger partial charge in [0.2, 0.25) is 0 Å². The Labute approximate surface area is 156 Å². The number of nitrogens with zero attached hydrogens (tertiary/aromatic N) is 3. The molecule has 138 valence electrons. The summed E-state index contributed by atoms with van der Waals surface area (Å²) in [5.41, 5.74) is 2.36. The van der Waals surface area contributed by atoms with Crippen molar-refractivity contribution in [2.45, 2.75) is 18.6 Å². The summed E-state index contributed by atoms with van der Waals surface area (Å²) in [6.07, 6.45) is 0. The van der Waals surface area contributed by atoms with E-state index >= 15 is 0 Å². The molecule has 0 bridgehead atoms. The van der Waals surface area contributed by atoms with E-state index in [1.165, 1.54) is 0 Å². The van der Waals surface area contributed by atoms with Crippen molar-refractivity contribution < 1.29 is 9.22 Å². The Hall–Kier alpha value is -1.83. The minimum absolute atomic E-state index is 0.0166. The predicted molar refractivity (Wildman–Crippen MR) is 106 cm³/mol. The van der Waals surface area contributed by atoms with Gasteiger partial charge in [0.05, 0.1) is 32.6 Å². The second-order valence-corrected chi connectivity index (χ2v) is 8.15. The van der Waals surface area contributed by atoms with E-state index in [9.17, 15) is 4.79 Å². The van der Waals surface area contributed by atoms with Gasteiger partial charge in [-0.05, 0) is 13.0 Å². The first kappa shape index (κ1) is 17.6. The van der Waals surface area contributed by atoms with Crippen LogP contribution in [0.5, 0.6) is 0 Å². The number of quaternary nitrogens is 1. The standard InChI is InChI=1S/C19H24N4O2S/c1-3-22-18(24)17-16(14-6-4-5-7-15(14)20-17)21-19(22)26-13-10-23(2)8-11-25-12-9-23/h4-7H,3,8-13H2,1-2H3/p+1. The molecule has 0 spiro atoms. The number of fused-ring (bicyclic) bond motifs is 3. The number of hydrogen-bond acceptors (Lipinski definition) is 4. The van der Waals surface area contributed by atoms with Crippen LogP contribution >= 0.6 is 11.8 Å². The van der Waals surface area contributed by atoms with E-state index in [1.54, 1.807) is 16.3 Å². The molecule has 1 N–H and O–H groups in total. The monoisotopic (exact) mass is 373 g/mol. The third-order valence-electron chi connectivity index (χ3n) is 5.31. The van der Waals surface area contributed by atoms with Gasteiger partial charge in [-0.1, -0.05) is 30.0 Å². The van der Waals surface area contributed by atoms with Gasteiger partial charge >= 0.3 is 0 Å². The highest BCUT2D eigenvalue weighted by molar-refractivity contribution is 7.99. The first-order valence-corrected chi connectivity index (χ1v) is 10.2. The molecule has 1 saturated heterocycles. The number of ether oxygens (including phenoxy) is 1. The molecular weight excluding hydrogens is 348 g/mol. The summed E-state index contributed by atoms with van der Waals surface area (Å²) in [6, 6.07) is 7.96. The van der Waals surface area contributed by atoms with E-state index in [1.807, 2.05) is 31.2 Å². The van der Waals surface area contributed by atoms with Crippen molar-refractivity contribution in [2.24, 2.45) is 0 Å². The van der Waals surface area contributed by atoms with Gasteiger partial charge in [0, 0.05) is 17.4 Å². The second-order valence-electron chi connectivity index (χ2n) is 7.09. The van der Waals surface area contributed by atoms with Crippen LogP contribution in [0.25, 0.3) is 21.9 Å². The lowest BCUT2D eigenvalue weighted by Gasteiger charge is -2.37.